The van der Waals surface area contributed by atoms with Gasteiger partial charge in [0.2, 0.25) is 11.8 Å². The van der Waals surface area contributed by atoms with Crippen molar-refractivity contribution in [1.29, 1.82) is 5.26 Å². The van der Waals surface area contributed by atoms with Crippen LogP contribution in [0.1, 0.15) is 20.3 Å². The minimum Gasteiger partial charge on any atom is -0.333 e. The van der Waals surface area contributed by atoms with Gasteiger partial charge >= 0.3 is 0 Å². The lowest BCUT2D eigenvalue weighted by atomic mass is 9.72. The predicted molar refractivity (Wildman–Crippen MR) is 46.5 cm³/mol. The Labute approximate surface area is 81.5 Å². The van der Waals surface area contributed by atoms with E-state index in [0.717, 1.165) is 0 Å². The van der Waals surface area contributed by atoms with E-state index >= 15 is 0 Å². The van der Waals surface area contributed by atoms with Gasteiger partial charge in [0.25, 0.3) is 0 Å². The average Bonchev–Trinajstić information content (AvgIpc) is 2.31. The van der Waals surface area contributed by atoms with Gasteiger partial charge in [0.05, 0.1) is 6.07 Å². The van der Waals surface area contributed by atoms with Crippen molar-refractivity contribution >= 4 is 11.8 Å². The first kappa shape index (κ1) is 9.00. The number of nitriles is 1. The summed E-state index contributed by atoms with van der Waals surface area (Å²) in [5.74, 6) is -1.15. The first-order chi connectivity index (χ1) is 6.43. The lowest BCUT2D eigenvalue weighted by Gasteiger charge is -2.32. The second-order valence-electron chi connectivity index (χ2n) is 4.32. The Morgan fingerprint density at radius 1 is 1.43 bits per heavy atom. The van der Waals surface area contributed by atoms with Gasteiger partial charge in [-0.2, -0.15) is 5.26 Å². The molecule has 3 atom stereocenters. The Balaban J connectivity index is 2.49. The van der Waals surface area contributed by atoms with E-state index in [0.29, 0.717) is 0 Å². The number of fused-ring (bicyclic) bond motifs is 1. The van der Waals surface area contributed by atoms with Crippen LogP contribution in [0.25, 0.3) is 0 Å². The molecule has 0 aromatic heterocycles. The zero-order valence-corrected chi connectivity index (χ0v) is 8.05. The molecule has 5 heteroatoms. The Hall–Kier alpha value is -1.57. The summed E-state index contributed by atoms with van der Waals surface area (Å²) in [6.07, 6.45) is 0.223. The summed E-state index contributed by atoms with van der Waals surface area (Å²) in [6, 6.07) is 1.97. The van der Waals surface area contributed by atoms with Crippen molar-refractivity contribution in [2.24, 2.45) is 11.3 Å². The van der Waals surface area contributed by atoms with Gasteiger partial charge in [-0.15, -0.1) is 0 Å². The third-order valence-electron chi connectivity index (χ3n) is 3.46. The van der Waals surface area contributed by atoms with Crippen molar-refractivity contribution in [1.82, 2.24) is 10.6 Å². The van der Waals surface area contributed by atoms with Crippen LogP contribution in [-0.4, -0.2) is 17.5 Å². The number of carbonyl (C=O) groups is 2. The molecule has 3 unspecified atom stereocenters. The van der Waals surface area contributed by atoms with Crippen LogP contribution in [0.4, 0.5) is 0 Å². The summed E-state index contributed by atoms with van der Waals surface area (Å²) in [7, 11) is 0. The minimum atomic E-state index is -0.762. The topological polar surface area (TPSA) is 82.0 Å². The number of carbonyl (C=O) groups excluding carboxylic acids is 2. The van der Waals surface area contributed by atoms with Gasteiger partial charge in [-0.25, -0.2) is 0 Å². The van der Waals surface area contributed by atoms with Crippen LogP contribution in [0.2, 0.25) is 0 Å². The molecule has 2 aliphatic heterocycles. The van der Waals surface area contributed by atoms with Crippen molar-refractivity contribution in [2.75, 3.05) is 0 Å². The van der Waals surface area contributed by atoms with Gasteiger partial charge < -0.3 is 10.6 Å². The molecule has 0 bridgehead atoms. The fraction of sp³-hybridized carbons (Fsp3) is 0.667. The highest BCUT2D eigenvalue weighted by atomic mass is 16.2. The van der Waals surface area contributed by atoms with Crippen LogP contribution in [-0.2, 0) is 9.59 Å². The molecule has 0 aliphatic carbocycles. The average molecular weight is 193 g/mol. The quantitative estimate of drug-likeness (QED) is 0.544. The summed E-state index contributed by atoms with van der Waals surface area (Å²) in [5.41, 5.74) is -1.39. The molecule has 2 aliphatic rings. The highest BCUT2D eigenvalue weighted by Crippen LogP contribution is 2.48. The molecule has 2 rings (SSSR count). The monoisotopic (exact) mass is 193 g/mol. The number of rotatable bonds is 0. The summed E-state index contributed by atoms with van der Waals surface area (Å²) in [6.45, 7) is 3.53. The molecule has 14 heavy (non-hydrogen) atoms. The summed E-state index contributed by atoms with van der Waals surface area (Å²) < 4.78 is 0. The van der Waals surface area contributed by atoms with E-state index in [1.165, 1.54) is 0 Å². The third kappa shape index (κ3) is 0.782. The number of nitrogens with zero attached hydrogens (tertiary/aromatic N) is 1. The van der Waals surface area contributed by atoms with Crippen molar-refractivity contribution in [2.45, 2.75) is 25.9 Å². The lowest BCUT2D eigenvalue weighted by molar-refractivity contribution is -0.124. The first-order valence-corrected chi connectivity index (χ1v) is 4.45. The van der Waals surface area contributed by atoms with E-state index < -0.39 is 17.0 Å². The van der Waals surface area contributed by atoms with E-state index in [1.807, 2.05) is 6.07 Å². The van der Waals surface area contributed by atoms with Gasteiger partial charge in [-0.05, 0) is 6.92 Å². The molecule has 2 amide bonds. The summed E-state index contributed by atoms with van der Waals surface area (Å²) in [4.78, 5) is 22.7. The van der Waals surface area contributed by atoms with E-state index in [2.05, 4.69) is 10.6 Å². The second kappa shape index (κ2) is 2.27. The van der Waals surface area contributed by atoms with Crippen molar-refractivity contribution in [3.63, 3.8) is 0 Å². The number of nitrogens with one attached hydrogen (secondary N) is 2. The summed E-state index contributed by atoms with van der Waals surface area (Å²) in [5, 5.41) is 14.3. The molecule has 2 heterocycles. The molecule has 2 saturated heterocycles. The van der Waals surface area contributed by atoms with Crippen LogP contribution < -0.4 is 10.6 Å². The molecule has 0 aromatic carbocycles. The second-order valence-corrected chi connectivity index (χ2v) is 4.32. The molecule has 74 valence electrons. The molecule has 2 fully saturated rings. The van der Waals surface area contributed by atoms with E-state index in [9.17, 15) is 9.59 Å². The maximum atomic E-state index is 11.5. The Morgan fingerprint density at radius 3 is 2.64 bits per heavy atom. The number of hydrogen-bond acceptors (Lipinski definition) is 3. The Kier molecular flexibility index (Phi) is 1.46. The minimum absolute atomic E-state index is 0.116. The highest BCUT2D eigenvalue weighted by Gasteiger charge is 2.64. The van der Waals surface area contributed by atoms with Crippen LogP contribution in [0, 0.1) is 22.7 Å². The maximum Gasteiger partial charge on any atom is 0.239 e. The Morgan fingerprint density at radius 2 is 2.07 bits per heavy atom. The van der Waals surface area contributed by atoms with Gasteiger partial charge in [0.15, 0.2) is 0 Å². The largest absolute Gasteiger partial charge is 0.333 e. The number of amides is 2. The first-order valence-electron chi connectivity index (χ1n) is 4.45. The molecule has 0 aromatic rings. The van der Waals surface area contributed by atoms with Gasteiger partial charge in [-0.3, -0.25) is 9.59 Å². The predicted octanol–water partition coefficient (Wildman–Crippen LogP) is -0.502. The fourth-order valence-corrected chi connectivity index (χ4v) is 2.35. The van der Waals surface area contributed by atoms with Gasteiger partial charge in [0.1, 0.15) is 11.6 Å². The van der Waals surface area contributed by atoms with Crippen LogP contribution >= 0.6 is 0 Å². The zero-order chi connectivity index (χ0) is 10.6. The van der Waals surface area contributed by atoms with Crippen LogP contribution in [0.5, 0.6) is 0 Å². The maximum absolute atomic E-state index is 11.5. The third-order valence-corrected chi connectivity index (χ3v) is 3.46. The molecular formula is C9H11N3O2. The van der Waals surface area contributed by atoms with Gasteiger partial charge in [0, 0.05) is 11.8 Å². The molecule has 2 N–H and O–H groups in total. The molecule has 0 saturated carbocycles. The van der Waals surface area contributed by atoms with E-state index in [1.54, 1.807) is 13.8 Å². The molecule has 0 radical (unpaired) electrons. The highest BCUT2D eigenvalue weighted by molar-refractivity contribution is 5.92. The van der Waals surface area contributed by atoms with Crippen LogP contribution in [0.15, 0.2) is 0 Å². The molecule has 5 nitrogen and oxygen atoms in total. The van der Waals surface area contributed by atoms with Crippen molar-refractivity contribution in [3.8, 4) is 6.07 Å². The Bertz CT molecular complexity index is 373. The standard InChI is InChI=1S/C9H11N3O2/c1-8-3-6(13)11-9(8,2)12-7(14)5(8)4-10/h5H,3H2,1-2H3,(H,11,13)(H,12,14). The SMILES string of the molecule is CC12NC(=O)CC1(C)C(C#N)C(=O)N2. The summed E-state index contributed by atoms with van der Waals surface area (Å²) >= 11 is 0. The van der Waals surface area contributed by atoms with Crippen molar-refractivity contribution in [3.05, 3.63) is 0 Å². The molecular weight excluding hydrogens is 182 g/mol. The molecule has 0 spiro atoms. The zero-order valence-electron chi connectivity index (χ0n) is 8.05. The van der Waals surface area contributed by atoms with Crippen LogP contribution in [0.3, 0.4) is 0 Å². The smallest absolute Gasteiger partial charge is 0.239 e. The number of hydrogen-bond donors (Lipinski definition) is 2. The van der Waals surface area contributed by atoms with E-state index in [-0.39, 0.29) is 18.2 Å². The normalized spacial score (nSPS) is 45.4. The fourth-order valence-electron chi connectivity index (χ4n) is 2.35. The lowest BCUT2D eigenvalue weighted by Crippen LogP contribution is -2.54. The van der Waals surface area contributed by atoms with Gasteiger partial charge in [-0.1, -0.05) is 6.92 Å². The van der Waals surface area contributed by atoms with Crippen molar-refractivity contribution < 1.29 is 9.59 Å². The van der Waals surface area contributed by atoms with E-state index in [4.69, 9.17) is 5.26 Å².